The number of hydrogen-bond donors (Lipinski definition) is 4. The van der Waals surface area contributed by atoms with Gasteiger partial charge < -0.3 is 26.2 Å². The number of carbonyl (C=O) groups excluding carboxylic acids is 5. The average Bonchev–Trinajstić information content (AvgIpc) is 3.73. The summed E-state index contributed by atoms with van der Waals surface area (Å²) in [6.07, 6.45) is 11.3. The van der Waals surface area contributed by atoms with Gasteiger partial charge in [0.05, 0.1) is 22.1 Å². The lowest BCUT2D eigenvalue weighted by atomic mass is 9.70. The van der Waals surface area contributed by atoms with Crippen molar-refractivity contribution in [1.29, 1.82) is 0 Å². The van der Waals surface area contributed by atoms with Gasteiger partial charge in [0.1, 0.15) is 12.1 Å². The zero-order chi connectivity index (χ0) is 38.7. The molecule has 296 valence electrons. The molecule has 6 rings (SSSR count). The summed E-state index contributed by atoms with van der Waals surface area (Å²) in [7, 11) is -3.57. The molecular weight excluding hydrogens is 695 g/mol. The fraction of sp³-hybridized carbons (Fsp3) is 0.825. The average molecular weight is 758 g/mol. The van der Waals surface area contributed by atoms with Crippen LogP contribution in [0, 0.1) is 40.4 Å². The van der Waals surface area contributed by atoms with Gasteiger partial charge in [0.2, 0.25) is 17.6 Å². The van der Waals surface area contributed by atoms with Gasteiger partial charge in [-0.1, -0.05) is 59.0 Å². The third-order valence-corrected chi connectivity index (χ3v) is 17.0. The molecule has 12 nitrogen and oxygen atoms in total. The van der Waals surface area contributed by atoms with Crippen LogP contribution in [-0.2, 0) is 29.0 Å². The van der Waals surface area contributed by atoms with Crippen LogP contribution in [0.2, 0.25) is 0 Å². The summed E-state index contributed by atoms with van der Waals surface area (Å²) >= 11 is 0. The summed E-state index contributed by atoms with van der Waals surface area (Å²) in [5.74, 6) is -1.82. The van der Waals surface area contributed by atoms with Crippen LogP contribution in [-0.4, -0.2) is 90.1 Å². The second-order valence-corrected chi connectivity index (χ2v) is 22.1. The minimum absolute atomic E-state index is 0.0425. The number of hydrogen-bond acceptors (Lipinski definition) is 7. The van der Waals surface area contributed by atoms with E-state index in [4.69, 9.17) is 0 Å². The lowest BCUT2D eigenvalue weighted by molar-refractivity contribution is -0.146. The first-order valence-corrected chi connectivity index (χ1v) is 21.7. The van der Waals surface area contributed by atoms with Crippen molar-refractivity contribution in [1.82, 2.24) is 26.2 Å². The lowest BCUT2D eigenvalue weighted by Gasteiger charge is -2.44. The highest BCUT2D eigenvalue weighted by Gasteiger charge is 2.70. The Morgan fingerprint density at radius 2 is 1.64 bits per heavy atom. The summed E-state index contributed by atoms with van der Waals surface area (Å²) in [6, 6.07) is -3.35. The largest absolute Gasteiger partial charge is 0.346 e. The highest BCUT2D eigenvalue weighted by molar-refractivity contribution is 7.92. The molecule has 13 heteroatoms. The Balaban J connectivity index is 1.25. The zero-order valence-electron chi connectivity index (χ0n) is 32.7. The van der Waals surface area contributed by atoms with Gasteiger partial charge in [-0.2, -0.15) is 0 Å². The molecule has 5 amide bonds. The van der Waals surface area contributed by atoms with Gasteiger partial charge in [0, 0.05) is 13.1 Å². The molecule has 8 atom stereocenters. The number of amides is 5. The number of rotatable bonds is 14. The Labute approximate surface area is 316 Å². The number of Topliss-reactive ketones (excluding diaryl/α,β-unsaturated/α-hetero) is 1. The van der Waals surface area contributed by atoms with E-state index in [-0.39, 0.29) is 47.3 Å². The molecule has 1 saturated heterocycles. The predicted molar refractivity (Wildman–Crippen MR) is 202 cm³/mol. The Bertz CT molecular complexity index is 1610. The number of nitrogens with one attached hydrogen (secondary N) is 4. The molecule has 0 aromatic rings. The molecule has 5 aliphatic carbocycles. The van der Waals surface area contributed by atoms with Gasteiger partial charge in [-0.05, 0) is 106 Å². The summed E-state index contributed by atoms with van der Waals surface area (Å²) in [6.45, 7) is 15.4. The quantitative estimate of drug-likeness (QED) is 0.153. The molecule has 6 aliphatic rings. The van der Waals surface area contributed by atoms with Crippen LogP contribution in [0.4, 0.5) is 4.79 Å². The molecule has 53 heavy (non-hydrogen) atoms. The molecule has 6 fully saturated rings. The van der Waals surface area contributed by atoms with Crippen molar-refractivity contribution < 1.29 is 32.4 Å². The van der Waals surface area contributed by atoms with Crippen LogP contribution in [0.5, 0.6) is 0 Å². The second-order valence-electron chi connectivity index (χ2n) is 19.3. The summed E-state index contributed by atoms with van der Waals surface area (Å²) in [5.41, 5.74) is -1.69. The number of sulfone groups is 1. The molecule has 2 bridgehead atoms. The Morgan fingerprint density at radius 1 is 0.962 bits per heavy atom. The van der Waals surface area contributed by atoms with Crippen molar-refractivity contribution in [3.05, 3.63) is 12.7 Å². The van der Waals surface area contributed by atoms with Crippen LogP contribution in [0.25, 0.3) is 0 Å². The second kappa shape index (κ2) is 14.3. The molecule has 4 unspecified atom stereocenters. The minimum atomic E-state index is -3.57. The SMILES string of the molecule is C=CCNC(=O)C(=O)C(CC1CC1)NC(=O)[C@@H]1[C@@H]2[C@H](CN1C(=O)[C@@H](NC(=O)NC1(CS(=O)(=O)C(C)(C)C)CC3CCC1C3)C1(C)CCCCC1)C2(C)C. The molecular formula is C40H63N5O7S. The Kier molecular flexibility index (Phi) is 10.7. The number of fused-ring (bicyclic) bond motifs is 3. The van der Waals surface area contributed by atoms with Crippen LogP contribution < -0.4 is 21.3 Å². The van der Waals surface area contributed by atoms with Crippen molar-refractivity contribution in [2.45, 2.75) is 147 Å². The molecule has 1 heterocycles. The van der Waals surface area contributed by atoms with E-state index in [0.717, 1.165) is 64.2 Å². The smallest absolute Gasteiger partial charge is 0.315 e. The number of urea groups is 1. The minimum Gasteiger partial charge on any atom is -0.346 e. The Hall–Kier alpha value is -2.96. The standard InChI is InChI=1S/C40H63N5O7S/c1-8-18-41-34(48)31(46)28(20-24-12-13-24)42-33(47)30-29-27(38(29,5)6)22-45(30)35(49)32(39(7)16-10-9-11-17-39)43-36(50)44-40(21-25-14-15-26(40)19-25)23-53(51,52)37(2,3)4/h8,24-30,32H,1,9-23H2,2-7H3,(H,41,48)(H,42,47)(H2,43,44,50)/t25?,26?,27-,28?,29-,30-,32+,40?/m0/s1. The molecule has 5 saturated carbocycles. The van der Waals surface area contributed by atoms with Crippen LogP contribution in [0.15, 0.2) is 12.7 Å². The molecule has 1 aliphatic heterocycles. The predicted octanol–water partition coefficient (Wildman–Crippen LogP) is 4.04. The van der Waals surface area contributed by atoms with Gasteiger partial charge in [0.15, 0.2) is 9.84 Å². The van der Waals surface area contributed by atoms with Crippen LogP contribution in [0.3, 0.4) is 0 Å². The topological polar surface area (TPSA) is 171 Å². The third kappa shape index (κ3) is 7.79. The summed E-state index contributed by atoms with van der Waals surface area (Å²) in [4.78, 5) is 71.2. The van der Waals surface area contributed by atoms with E-state index in [1.165, 1.54) is 6.08 Å². The molecule has 4 N–H and O–H groups in total. The highest BCUT2D eigenvalue weighted by Crippen LogP contribution is 2.65. The van der Waals surface area contributed by atoms with Gasteiger partial charge in [-0.15, -0.1) is 6.58 Å². The molecule has 0 aromatic carbocycles. The van der Waals surface area contributed by atoms with E-state index in [1.807, 2.05) is 6.92 Å². The number of likely N-dealkylation sites (tertiary alicyclic amines) is 1. The van der Waals surface area contributed by atoms with Crippen molar-refractivity contribution in [3.63, 3.8) is 0 Å². The van der Waals surface area contributed by atoms with Crippen LogP contribution >= 0.6 is 0 Å². The monoisotopic (exact) mass is 757 g/mol. The molecule has 0 aromatic heterocycles. The van der Waals surface area contributed by atoms with Gasteiger partial charge in [-0.3, -0.25) is 19.2 Å². The van der Waals surface area contributed by atoms with Gasteiger partial charge in [-0.25, -0.2) is 13.2 Å². The van der Waals surface area contributed by atoms with E-state index >= 15 is 0 Å². The van der Waals surface area contributed by atoms with E-state index in [0.29, 0.717) is 25.3 Å². The van der Waals surface area contributed by atoms with E-state index < -0.39 is 67.3 Å². The fourth-order valence-corrected chi connectivity index (χ4v) is 12.0. The van der Waals surface area contributed by atoms with Gasteiger partial charge in [0.25, 0.3) is 5.91 Å². The molecule has 0 radical (unpaired) electrons. The normalized spacial score (nSPS) is 32.2. The summed E-state index contributed by atoms with van der Waals surface area (Å²) in [5, 5.41) is 11.7. The number of piperidine rings is 1. The first-order valence-electron chi connectivity index (χ1n) is 20.1. The van der Waals surface area contributed by atoms with Crippen molar-refractivity contribution in [3.8, 4) is 0 Å². The lowest BCUT2D eigenvalue weighted by Crippen LogP contribution is -2.65. The first kappa shape index (κ1) is 39.7. The van der Waals surface area contributed by atoms with E-state index in [9.17, 15) is 32.4 Å². The van der Waals surface area contributed by atoms with Gasteiger partial charge >= 0.3 is 6.03 Å². The van der Waals surface area contributed by atoms with E-state index in [2.05, 4.69) is 41.7 Å². The number of ketones is 1. The maximum atomic E-state index is 15.0. The Morgan fingerprint density at radius 3 is 2.21 bits per heavy atom. The highest BCUT2D eigenvalue weighted by atomic mass is 32.2. The maximum Gasteiger partial charge on any atom is 0.315 e. The van der Waals surface area contributed by atoms with Crippen molar-refractivity contribution in [2.75, 3.05) is 18.8 Å². The number of nitrogens with zero attached hydrogens (tertiary/aromatic N) is 1. The van der Waals surface area contributed by atoms with Crippen molar-refractivity contribution in [2.24, 2.45) is 40.4 Å². The van der Waals surface area contributed by atoms with E-state index in [1.54, 1.807) is 25.7 Å². The van der Waals surface area contributed by atoms with Crippen molar-refractivity contribution >= 4 is 39.4 Å². The number of carbonyl (C=O) groups is 5. The maximum absolute atomic E-state index is 15.0. The third-order valence-electron chi connectivity index (χ3n) is 14.2. The first-order chi connectivity index (χ1) is 24.7. The summed E-state index contributed by atoms with van der Waals surface area (Å²) < 4.78 is 26.2. The fourth-order valence-electron chi connectivity index (χ4n) is 10.5. The zero-order valence-corrected chi connectivity index (χ0v) is 33.5. The molecule has 0 spiro atoms. The van der Waals surface area contributed by atoms with Crippen LogP contribution in [0.1, 0.15) is 119 Å².